The van der Waals surface area contributed by atoms with Gasteiger partial charge in [-0.2, -0.15) is 0 Å². The number of carboxylic acids is 3. The van der Waals surface area contributed by atoms with Crippen LogP contribution in [0, 0.1) is 17.8 Å². The zero-order valence-electron chi connectivity index (χ0n) is 25.7. The molecule has 0 heterocycles. The highest BCUT2D eigenvalue weighted by Crippen LogP contribution is 2.54. The summed E-state index contributed by atoms with van der Waals surface area (Å²) in [6, 6.07) is 0.759. The van der Waals surface area contributed by atoms with Crippen molar-refractivity contribution in [3.8, 4) is 5.75 Å². The lowest BCUT2D eigenvalue weighted by atomic mass is 9.98. The van der Waals surface area contributed by atoms with Gasteiger partial charge in [-0.25, -0.2) is 9.36 Å². The van der Waals surface area contributed by atoms with Crippen LogP contribution in [0.5, 0.6) is 5.75 Å². The number of carboxylic acid groups (broad SMARTS) is 3. The van der Waals surface area contributed by atoms with Gasteiger partial charge in [-0.15, -0.1) is 0 Å². The molecule has 7 atom stereocenters. The topological polar surface area (TPSA) is 295 Å². The average Bonchev–Trinajstić information content (AvgIpc) is 3.74. The van der Waals surface area contributed by atoms with Crippen molar-refractivity contribution in [3.05, 3.63) is 29.8 Å². The van der Waals surface area contributed by atoms with Crippen LogP contribution < -0.4 is 25.8 Å². The number of rotatable bonds is 19. The van der Waals surface area contributed by atoms with E-state index in [-0.39, 0.29) is 5.75 Å². The van der Waals surface area contributed by atoms with E-state index in [1.807, 2.05) is 0 Å². The summed E-state index contributed by atoms with van der Waals surface area (Å²) < 4.78 is 15.6. The first-order chi connectivity index (χ1) is 21.9. The van der Waals surface area contributed by atoms with Crippen molar-refractivity contribution in [1.29, 1.82) is 0 Å². The lowest BCUT2D eigenvalue weighted by Crippen LogP contribution is -2.57. The molecule has 260 valence electrons. The Labute approximate surface area is 268 Å². The highest BCUT2D eigenvalue weighted by molar-refractivity contribution is 7.46. The van der Waals surface area contributed by atoms with E-state index in [0.29, 0.717) is 12.0 Å². The van der Waals surface area contributed by atoms with Crippen molar-refractivity contribution in [1.82, 2.24) is 21.3 Å². The smallest absolute Gasteiger partial charge is 0.481 e. The number of nitrogens with one attached hydrogen (secondary N) is 4. The van der Waals surface area contributed by atoms with Gasteiger partial charge in [0.15, 0.2) is 0 Å². The Morgan fingerprint density at radius 3 is 1.74 bits per heavy atom. The summed E-state index contributed by atoms with van der Waals surface area (Å²) >= 11 is 0. The summed E-state index contributed by atoms with van der Waals surface area (Å²) in [6.45, 7) is 3.27. The molecule has 1 aromatic rings. The molecule has 47 heavy (non-hydrogen) atoms. The van der Waals surface area contributed by atoms with Crippen LogP contribution in [0.15, 0.2) is 24.3 Å². The number of hydrogen-bond donors (Lipinski definition) is 9. The number of hydrogen-bond acceptors (Lipinski definition) is 9. The van der Waals surface area contributed by atoms with Crippen LogP contribution in [0.25, 0.3) is 0 Å². The summed E-state index contributed by atoms with van der Waals surface area (Å²) in [5.41, 5.74) is 0.419. The Bertz CT molecular complexity index is 1400. The highest BCUT2D eigenvalue weighted by Gasteiger charge is 2.59. The van der Waals surface area contributed by atoms with Gasteiger partial charge < -0.3 is 41.1 Å². The molecule has 2 rings (SSSR count). The minimum absolute atomic E-state index is 0.175. The summed E-state index contributed by atoms with van der Waals surface area (Å²) in [7, 11) is -3.50. The molecule has 0 aliphatic heterocycles. The van der Waals surface area contributed by atoms with E-state index >= 15 is 0 Å². The van der Waals surface area contributed by atoms with Crippen LogP contribution in [0.2, 0.25) is 0 Å². The van der Waals surface area contributed by atoms with Crippen molar-refractivity contribution in [2.45, 2.75) is 70.0 Å². The number of phosphoric ester groups is 1. The average molecular weight is 687 g/mol. The molecule has 1 saturated carbocycles. The van der Waals surface area contributed by atoms with Gasteiger partial charge in [0.05, 0.1) is 11.8 Å². The number of phosphoric acid groups is 1. The molecule has 1 unspecified atom stereocenters. The Hall–Kier alpha value is -4.54. The van der Waals surface area contributed by atoms with Crippen molar-refractivity contribution in [2.24, 2.45) is 17.8 Å². The van der Waals surface area contributed by atoms with Gasteiger partial charge in [0.25, 0.3) is 0 Å². The fourth-order valence-corrected chi connectivity index (χ4v) is 5.38. The van der Waals surface area contributed by atoms with E-state index < -0.39 is 117 Å². The summed E-state index contributed by atoms with van der Waals surface area (Å²) in [6.07, 6.45) is -1.74. The predicted octanol–water partition coefficient (Wildman–Crippen LogP) is -0.452. The quantitative estimate of drug-likeness (QED) is 0.0833. The molecule has 0 bridgehead atoms. The summed E-state index contributed by atoms with van der Waals surface area (Å²) in [5, 5.41) is 37.4. The van der Waals surface area contributed by atoms with Gasteiger partial charge in [0.1, 0.15) is 23.9 Å². The normalized spacial score (nSPS) is 19.6. The minimum Gasteiger partial charge on any atom is -0.481 e. The molecule has 19 heteroatoms. The Morgan fingerprint density at radius 2 is 1.30 bits per heavy atom. The number of carbonyl (C=O) groups is 7. The molecule has 0 spiro atoms. The Morgan fingerprint density at radius 1 is 0.809 bits per heavy atom. The first kappa shape index (κ1) is 38.6. The molecular weight excluding hydrogens is 647 g/mol. The van der Waals surface area contributed by atoms with Crippen molar-refractivity contribution in [2.75, 3.05) is 7.05 Å². The van der Waals surface area contributed by atoms with Crippen molar-refractivity contribution in [3.63, 3.8) is 0 Å². The molecule has 1 aliphatic carbocycles. The van der Waals surface area contributed by atoms with Crippen LogP contribution in [-0.2, 0) is 38.1 Å². The van der Waals surface area contributed by atoms with Gasteiger partial charge >= 0.3 is 25.7 Å². The van der Waals surface area contributed by atoms with Crippen LogP contribution in [-0.4, -0.2) is 91.8 Å². The van der Waals surface area contributed by atoms with Gasteiger partial charge in [0, 0.05) is 25.8 Å². The maximum Gasteiger partial charge on any atom is 0.524 e. The van der Waals surface area contributed by atoms with Crippen molar-refractivity contribution >= 4 is 49.4 Å². The lowest BCUT2D eigenvalue weighted by Gasteiger charge is -2.26. The van der Waals surface area contributed by atoms with E-state index in [4.69, 9.17) is 14.9 Å². The third-order valence-electron chi connectivity index (χ3n) is 7.70. The third-order valence-corrected chi connectivity index (χ3v) is 8.15. The molecule has 1 aliphatic rings. The van der Waals surface area contributed by atoms with Gasteiger partial charge in [-0.3, -0.25) is 38.6 Å². The largest absolute Gasteiger partial charge is 0.524 e. The fraction of sp³-hybridized carbons (Fsp3) is 0.536. The summed E-state index contributed by atoms with van der Waals surface area (Å²) in [4.78, 5) is 105. The van der Waals surface area contributed by atoms with E-state index in [9.17, 15) is 48.3 Å². The summed E-state index contributed by atoms with van der Waals surface area (Å²) in [5.74, 6) is -10.8. The standard InChI is InChI=1S/C28H39N4O14P/c1-4-13(2)23(28(41)42)32-25(38)17(10-12-19(35)36)30-24(37)16(9-11-18(33)34)31-27(40)22-20(21(22)26(39)29-3)14-5-7-15(8-6-14)46-47(43,44)45/h5-8,13,16-17,20-23H,4,9-12H2,1-3H3,(H,29,39)(H,30,37)(H,31,40)(H,32,38)(H,33,34)(H,35,36)(H,41,42)(H2,43,44,45)/t13?,16-,17-,20-,21+,22+,23-/m0/s1. The van der Waals surface area contributed by atoms with Crippen LogP contribution in [0.4, 0.5) is 0 Å². The predicted molar refractivity (Wildman–Crippen MR) is 160 cm³/mol. The van der Waals surface area contributed by atoms with Crippen LogP contribution in [0.3, 0.4) is 0 Å². The molecule has 0 saturated heterocycles. The highest BCUT2D eigenvalue weighted by atomic mass is 31.2. The molecule has 4 amide bonds. The molecule has 1 fully saturated rings. The van der Waals surface area contributed by atoms with Gasteiger partial charge in [0.2, 0.25) is 23.6 Å². The number of aliphatic carboxylic acids is 3. The van der Waals surface area contributed by atoms with Crippen molar-refractivity contribution < 1.29 is 67.8 Å². The molecule has 0 radical (unpaired) electrons. The molecule has 18 nitrogen and oxygen atoms in total. The molecular formula is C28H39N4O14P. The van der Waals surface area contributed by atoms with E-state index in [1.54, 1.807) is 13.8 Å². The zero-order chi connectivity index (χ0) is 35.6. The second-order valence-corrected chi connectivity index (χ2v) is 12.2. The van der Waals surface area contributed by atoms with E-state index in [0.717, 1.165) is 0 Å². The first-order valence-corrected chi connectivity index (χ1v) is 16.1. The SMILES string of the molecule is CCC(C)[C@H](NC(=O)[C@H](CCC(=O)O)NC(=O)[C@H](CCC(=O)O)NC(=O)[C@H]1[C@H](C(=O)NC)[C@@H]1c1ccc(OP(=O)(O)O)cc1)C(=O)O. The third kappa shape index (κ3) is 11.6. The molecule has 1 aromatic carbocycles. The van der Waals surface area contributed by atoms with Gasteiger partial charge in [-0.1, -0.05) is 32.4 Å². The monoisotopic (exact) mass is 686 g/mol. The van der Waals surface area contributed by atoms with E-state index in [1.165, 1.54) is 31.3 Å². The Balaban J connectivity index is 2.30. The van der Waals surface area contributed by atoms with Gasteiger partial charge in [-0.05, 0) is 36.5 Å². The number of benzene rings is 1. The fourth-order valence-electron chi connectivity index (χ4n) is 4.98. The second-order valence-electron chi connectivity index (χ2n) is 11.0. The lowest BCUT2D eigenvalue weighted by molar-refractivity contribution is -0.144. The molecule has 9 N–H and O–H groups in total. The van der Waals surface area contributed by atoms with Crippen LogP contribution in [0.1, 0.15) is 57.4 Å². The maximum absolute atomic E-state index is 13.4. The van der Waals surface area contributed by atoms with E-state index in [2.05, 4.69) is 25.8 Å². The number of carbonyl (C=O) groups excluding carboxylic acids is 4. The zero-order valence-corrected chi connectivity index (χ0v) is 26.6. The first-order valence-electron chi connectivity index (χ1n) is 14.5. The maximum atomic E-state index is 13.4. The van der Waals surface area contributed by atoms with Crippen LogP contribution >= 0.6 is 7.82 Å². The Kier molecular flexibility index (Phi) is 13.9. The number of amides is 4. The molecule has 0 aromatic heterocycles. The minimum atomic E-state index is -4.84. The second kappa shape index (κ2) is 16.9.